The lowest BCUT2D eigenvalue weighted by Gasteiger charge is -2.23. The normalized spacial score (nSPS) is 18.2. The van der Waals surface area contributed by atoms with E-state index in [0.717, 1.165) is 59.8 Å². The number of rotatable bonds is 10. The van der Waals surface area contributed by atoms with Crippen LogP contribution in [0.3, 0.4) is 0 Å². The van der Waals surface area contributed by atoms with Gasteiger partial charge < -0.3 is 19.3 Å². The van der Waals surface area contributed by atoms with Gasteiger partial charge in [-0.05, 0) is 103 Å². The Morgan fingerprint density at radius 3 is 2.59 bits per heavy atom. The lowest BCUT2D eigenvalue weighted by Crippen LogP contribution is -2.10. The summed E-state index contributed by atoms with van der Waals surface area (Å²) in [6.07, 6.45) is 5.32. The first-order valence-electron chi connectivity index (χ1n) is 13.9. The summed E-state index contributed by atoms with van der Waals surface area (Å²) in [6, 6.07) is 17.2. The molecule has 0 aromatic heterocycles. The highest BCUT2D eigenvalue weighted by molar-refractivity contribution is 7.99. The zero-order valence-electron chi connectivity index (χ0n) is 23.1. The molecule has 5 nitrogen and oxygen atoms in total. The third kappa shape index (κ3) is 6.28. The van der Waals surface area contributed by atoms with E-state index >= 15 is 0 Å². The van der Waals surface area contributed by atoms with E-state index in [2.05, 4.69) is 56.3 Å². The average molecular weight is 547 g/mol. The fourth-order valence-corrected chi connectivity index (χ4v) is 7.31. The molecule has 2 aliphatic rings. The number of methoxy groups -OCH3 is 1. The number of carboxylic acids is 1. The van der Waals surface area contributed by atoms with Crippen molar-refractivity contribution in [2.75, 3.05) is 26.1 Å². The molecule has 0 saturated heterocycles. The van der Waals surface area contributed by atoms with Crippen molar-refractivity contribution < 1.29 is 24.1 Å². The van der Waals surface area contributed by atoms with Gasteiger partial charge in [0, 0.05) is 36.7 Å². The topological polar surface area (TPSA) is 65.0 Å². The minimum absolute atomic E-state index is 0.00859. The standard InChI is InChI=1S/C33H38O5S/c1-21-16-25(37-15-7-14-36-3)17-22(2)33(21)29-10-6-9-28-27(29)8-4-5-11-30(28)38-24-12-13-26-23(18-32(34)35)20-39-31(26)19-24/h6,9-10,12-13,16-17,19,23,30H,4-5,7-8,11,14-15,18,20H2,1-3H3,(H,34,35). The van der Waals surface area contributed by atoms with Gasteiger partial charge in [-0.2, -0.15) is 0 Å². The number of thioether (sulfide) groups is 1. The highest BCUT2D eigenvalue weighted by Gasteiger charge is 2.27. The fourth-order valence-electron chi connectivity index (χ4n) is 6.03. The van der Waals surface area contributed by atoms with Crippen molar-refractivity contribution in [2.24, 2.45) is 0 Å². The van der Waals surface area contributed by atoms with E-state index in [1.165, 1.54) is 33.4 Å². The molecule has 0 spiro atoms. The first-order chi connectivity index (χ1) is 18.9. The summed E-state index contributed by atoms with van der Waals surface area (Å²) in [7, 11) is 1.71. The number of hydrogen-bond donors (Lipinski definition) is 1. The zero-order chi connectivity index (χ0) is 27.4. The Labute approximate surface area is 235 Å². The molecule has 206 valence electrons. The summed E-state index contributed by atoms with van der Waals surface area (Å²) >= 11 is 1.74. The van der Waals surface area contributed by atoms with Crippen LogP contribution in [0.1, 0.15) is 71.9 Å². The highest BCUT2D eigenvalue weighted by atomic mass is 32.2. The number of benzene rings is 3. The first kappa shape index (κ1) is 27.6. The minimum atomic E-state index is -0.741. The van der Waals surface area contributed by atoms with Crippen molar-refractivity contribution in [3.05, 3.63) is 76.3 Å². The van der Waals surface area contributed by atoms with E-state index in [4.69, 9.17) is 14.2 Å². The SMILES string of the molecule is COCCCOc1cc(C)c(-c2cccc3c2CCCCC3Oc2ccc3c(c2)SCC3CC(=O)O)c(C)c1. The van der Waals surface area contributed by atoms with E-state index in [-0.39, 0.29) is 18.4 Å². The molecule has 3 aromatic rings. The summed E-state index contributed by atoms with van der Waals surface area (Å²) in [4.78, 5) is 12.4. The van der Waals surface area contributed by atoms with Crippen LogP contribution in [0.2, 0.25) is 0 Å². The second kappa shape index (κ2) is 12.5. The van der Waals surface area contributed by atoms with Gasteiger partial charge in [0.25, 0.3) is 0 Å². The van der Waals surface area contributed by atoms with Gasteiger partial charge in [0.1, 0.15) is 17.6 Å². The Morgan fingerprint density at radius 2 is 1.82 bits per heavy atom. The maximum atomic E-state index is 11.3. The largest absolute Gasteiger partial charge is 0.493 e. The van der Waals surface area contributed by atoms with E-state index in [9.17, 15) is 9.90 Å². The molecule has 3 aromatic carbocycles. The van der Waals surface area contributed by atoms with Gasteiger partial charge in [0.2, 0.25) is 0 Å². The predicted molar refractivity (Wildman–Crippen MR) is 156 cm³/mol. The van der Waals surface area contributed by atoms with Gasteiger partial charge in [0.15, 0.2) is 0 Å². The Kier molecular flexibility index (Phi) is 8.83. The molecule has 39 heavy (non-hydrogen) atoms. The molecule has 2 atom stereocenters. The van der Waals surface area contributed by atoms with Crippen LogP contribution in [0.15, 0.2) is 53.4 Å². The molecular weight excluding hydrogens is 508 g/mol. The third-order valence-corrected chi connectivity index (χ3v) is 9.04. The Balaban J connectivity index is 1.41. The number of carboxylic acid groups (broad SMARTS) is 1. The van der Waals surface area contributed by atoms with Gasteiger partial charge >= 0.3 is 5.97 Å². The third-order valence-electron chi connectivity index (χ3n) is 7.80. The number of ether oxygens (including phenoxy) is 3. The number of fused-ring (bicyclic) bond motifs is 2. The van der Waals surface area contributed by atoms with E-state index in [0.29, 0.717) is 13.2 Å². The second-order valence-electron chi connectivity index (χ2n) is 10.7. The Hall–Kier alpha value is -2.96. The summed E-state index contributed by atoms with van der Waals surface area (Å²) in [5, 5.41) is 9.25. The van der Waals surface area contributed by atoms with E-state index in [1.807, 2.05) is 6.07 Å². The first-order valence-corrected chi connectivity index (χ1v) is 14.9. The molecule has 0 bridgehead atoms. The number of carbonyl (C=O) groups is 1. The molecule has 0 saturated carbocycles. The van der Waals surface area contributed by atoms with Crippen molar-refractivity contribution in [1.29, 1.82) is 0 Å². The monoisotopic (exact) mass is 546 g/mol. The zero-order valence-corrected chi connectivity index (χ0v) is 23.9. The predicted octanol–water partition coefficient (Wildman–Crippen LogP) is 7.90. The van der Waals surface area contributed by atoms with Gasteiger partial charge in [-0.3, -0.25) is 4.79 Å². The Morgan fingerprint density at radius 1 is 1.00 bits per heavy atom. The highest BCUT2D eigenvalue weighted by Crippen LogP contribution is 2.45. The Bertz CT molecular complexity index is 1310. The van der Waals surface area contributed by atoms with Gasteiger partial charge in [0.05, 0.1) is 13.0 Å². The summed E-state index contributed by atoms with van der Waals surface area (Å²) in [5.41, 5.74) is 8.82. The molecular formula is C33H38O5S. The van der Waals surface area contributed by atoms with Crippen LogP contribution in [0.4, 0.5) is 0 Å². The molecule has 1 N–H and O–H groups in total. The molecule has 1 aliphatic carbocycles. The lowest BCUT2D eigenvalue weighted by molar-refractivity contribution is -0.137. The molecule has 0 radical (unpaired) electrons. The van der Waals surface area contributed by atoms with Gasteiger partial charge in [-0.25, -0.2) is 0 Å². The van der Waals surface area contributed by atoms with Crippen LogP contribution < -0.4 is 9.47 Å². The van der Waals surface area contributed by atoms with Crippen molar-refractivity contribution >= 4 is 17.7 Å². The van der Waals surface area contributed by atoms with Crippen LogP contribution in [0, 0.1) is 13.8 Å². The molecule has 2 unspecified atom stereocenters. The minimum Gasteiger partial charge on any atom is -0.493 e. The quantitative estimate of drug-likeness (QED) is 0.206. The number of aliphatic carboxylic acids is 1. The van der Waals surface area contributed by atoms with Crippen LogP contribution >= 0.6 is 11.8 Å². The summed E-state index contributed by atoms with van der Waals surface area (Å²) < 4.78 is 17.8. The van der Waals surface area contributed by atoms with E-state index < -0.39 is 5.97 Å². The van der Waals surface area contributed by atoms with Crippen LogP contribution in [0.5, 0.6) is 11.5 Å². The van der Waals surface area contributed by atoms with E-state index in [1.54, 1.807) is 18.9 Å². The number of hydrogen-bond acceptors (Lipinski definition) is 5. The number of aryl methyl sites for hydroxylation is 2. The van der Waals surface area contributed by atoms with Crippen molar-refractivity contribution in [3.8, 4) is 22.6 Å². The van der Waals surface area contributed by atoms with Gasteiger partial charge in [-0.1, -0.05) is 24.3 Å². The molecule has 0 fully saturated rings. The van der Waals surface area contributed by atoms with Crippen molar-refractivity contribution in [3.63, 3.8) is 0 Å². The lowest BCUT2D eigenvalue weighted by atomic mass is 9.87. The molecule has 6 heteroatoms. The maximum Gasteiger partial charge on any atom is 0.303 e. The van der Waals surface area contributed by atoms with Crippen LogP contribution in [0.25, 0.3) is 11.1 Å². The molecule has 1 aliphatic heterocycles. The van der Waals surface area contributed by atoms with Crippen LogP contribution in [-0.2, 0) is 16.0 Å². The van der Waals surface area contributed by atoms with Crippen LogP contribution in [-0.4, -0.2) is 37.2 Å². The maximum absolute atomic E-state index is 11.3. The van der Waals surface area contributed by atoms with Gasteiger partial charge in [-0.15, -0.1) is 11.8 Å². The summed E-state index contributed by atoms with van der Waals surface area (Å²) in [5.74, 6) is 1.92. The summed E-state index contributed by atoms with van der Waals surface area (Å²) in [6.45, 7) is 5.70. The van der Waals surface area contributed by atoms with Crippen molar-refractivity contribution in [1.82, 2.24) is 0 Å². The second-order valence-corrected chi connectivity index (χ2v) is 11.7. The average Bonchev–Trinajstić information content (AvgIpc) is 3.17. The smallest absolute Gasteiger partial charge is 0.303 e. The molecule has 5 rings (SSSR count). The molecule has 1 heterocycles. The van der Waals surface area contributed by atoms with Crippen molar-refractivity contribution in [2.45, 2.75) is 69.3 Å². The molecule has 0 amide bonds. The fraction of sp³-hybridized carbons (Fsp3) is 0.424.